The molecule has 1 aromatic rings. The second-order valence-electron chi connectivity index (χ2n) is 5.80. The van der Waals surface area contributed by atoms with E-state index < -0.39 is 0 Å². The average Bonchev–Trinajstić information content (AvgIpc) is 2.29. The van der Waals surface area contributed by atoms with Gasteiger partial charge in [0, 0.05) is 0 Å². The van der Waals surface area contributed by atoms with E-state index in [9.17, 15) is 0 Å². The van der Waals surface area contributed by atoms with Crippen LogP contribution < -0.4 is 5.46 Å². The maximum absolute atomic E-state index is 2.50. The maximum atomic E-state index is 2.50. The third-order valence-electron chi connectivity index (χ3n) is 4.05. The standard InChI is InChI=1S/C16H24B/c1-13-5-3-7-15(8-4-6-13)17-16-11-9-14(2)10-12-16/h9-13,15H,3-8H2,1-2H3. The molecule has 2 rings (SSSR count). The molecule has 0 nitrogen and oxygen atoms in total. The molecule has 0 unspecified atom stereocenters. The first-order valence-corrected chi connectivity index (χ1v) is 7.15. The lowest BCUT2D eigenvalue weighted by molar-refractivity contribution is 0.403. The highest BCUT2D eigenvalue weighted by Crippen LogP contribution is 2.28. The number of rotatable bonds is 2. The Balaban J connectivity index is 1.87. The van der Waals surface area contributed by atoms with E-state index in [1.165, 1.54) is 49.6 Å². The Hall–Kier alpha value is -0.715. The smallest absolute Gasteiger partial charge is 0.0875 e. The molecular weight excluding hydrogens is 203 g/mol. The van der Waals surface area contributed by atoms with Gasteiger partial charge in [-0.2, -0.15) is 0 Å². The molecule has 1 saturated carbocycles. The van der Waals surface area contributed by atoms with E-state index in [0.717, 1.165) is 11.7 Å². The number of hydrogen-bond donors (Lipinski definition) is 0. The van der Waals surface area contributed by atoms with Crippen LogP contribution in [0.3, 0.4) is 0 Å². The summed E-state index contributed by atoms with van der Waals surface area (Å²) in [5.74, 6) is 1.76. The van der Waals surface area contributed by atoms with Crippen molar-refractivity contribution >= 4 is 12.7 Å². The third kappa shape index (κ3) is 4.22. The molecular formula is C16H24B. The van der Waals surface area contributed by atoms with Crippen molar-refractivity contribution in [3.05, 3.63) is 29.8 Å². The van der Waals surface area contributed by atoms with E-state index in [-0.39, 0.29) is 0 Å². The van der Waals surface area contributed by atoms with Gasteiger partial charge in [0.15, 0.2) is 7.28 Å². The number of hydrogen-bond acceptors (Lipinski definition) is 0. The lowest BCUT2D eigenvalue weighted by Gasteiger charge is -2.22. The Labute approximate surface area is 107 Å². The van der Waals surface area contributed by atoms with Crippen molar-refractivity contribution in [3.8, 4) is 0 Å². The van der Waals surface area contributed by atoms with Gasteiger partial charge in [0.2, 0.25) is 0 Å². The molecule has 1 aliphatic rings. The molecule has 1 fully saturated rings. The van der Waals surface area contributed by atoms with Crippen molar-refractivity contribution in [1.29, 1.82) is 0 Å². The second-order valence-corrected chi connectivity index (χ2v) is 5.80. The van der Waals surface area contributed by atoms with Gasteiger partial charge >= 0.3 is 0 Å². The third-order valence-corrected chi connectivity index (χ3v) is 4.05. The molecule has 0 saturated heterocycles. The highest BCUT2D eigenvalue weighted by atomic mass is 14.1. The van der Waals surface area contributed by atoms with E-state index in [4.69, 9.17) is 0 Å². The molecule has 0 amide bonds. The fourth-order valence-corrected chi connectivity index (χ4v) is 2.86. The summed E-state index contributed by atoms with van der Waals surface area (Å²) in [6, 6.07) is 8.96. The van der Waals surface area contributed by atoms with Gasteiger partial charge in [-0.25, -0.2) is 0 Å². The first kappa shape index (κ1) is 12.7. The molecule has 1 aliphatic carbocycles. The molecule has 0 atom stereocenters. The first-order chi connectivity index (χ1) is 8.24. The zero-order chi connectivity index (χ0) is 12.1. The molecule has 91 valence electrons. The summed E-state index contributed by atoms with van der Waals surface area (Å²) in [5.41, 5.74) is 2.77. The minimum Gasteiger partial charge on any atom is -0.0875 e. The summed E-state index contributed by atoms with van der Waals surface area (Å²) in [7, 11) is 2.50. The molecule has 1 aromatic carbocycles. The monoisotopic (exact) mass is 227 g/mol. The van der Waals surface area contributed by atoms with Gasteiger partial charge in [0.25, 0.3) is 0 Å². The quantitative estimate of drug-likeness (QED) is 0.667. The predicted octanol–water partition coefficient (Wildman–Crippen LogP) is 4.10. The van der Waals surface area contributed by atoms with E-state index in [1.54, 1.807) is 0 Å². The molecule has 1 radical (unpaired) electrons. The summed E-state index contributed by atoms with van der Waals surface area (Å²) in [6.07, 6.45) is 8.45. The molecule has 1 heteroatoms. The lowest BCUT2D eigenvalue weighted by Crippen LogP contribution is -2.20. The molecule has 0 aromatic heterocycles. The summed E-state index contributed by atoms with van der Waals surface area (Å²) >= 11 is 0. The van der Waals surface area contributed by atoms with Gasteiger partial charge < -0.3 is 0 Å². The van der Waals surface area contributed by atoms with Crippen molar-refractivity contribution in [1.82, 2.24) is 0 Å². The van der Waals surface area contributed by atoms with Crippen LogP contribution >= 0.6 is 0 Å². The minimum atomic E-state index is 0.810. The van der Waals surface area contributed by atoms with Gasteiger partial charge in [-0.1, -0.05) is 86.6 Å². The highest BCUT2D eigenvalue weighted by Gasteiger charge is 2.15. The molecule has 0 bridgehead atoms. The highest BCUT2D eigenvalue weighted by molar-refractivity contribution is 6.54. The van der Waals surface area contributed by atoms with Crippen LogP contribution in [-0.4, -0.2) is 7.28 Å². The second kappa shape index (κ2) is 6.28. The maximum Gasteiger partial charge on any atom is 0.154 e. The van der Waals surface area contributed by atoms with Gasteiger partial charge in [-0.15, -0.1) is 0 Å². The Morgan fingerprint density at radius 3 is 2.12 bits per heavy atom. The topological polar surface area (TPSA) is 0 Å². The van der Waals surface area contributed by atoms with Crippen LogP contribution in [0.15, 0.2) is 24.3 Å². The van der Waals surface area contributed by atoms with E-state index in [0.29, 0.717) is 0 Å². The Morgan fingerprint density at radius 2 is 1.53 bits per heavy atom. The van der Waals surface area contributed by atoms with Crippen molar-refractivity contribution in [2.45, 2.75) is 58.2 Å². The number of aryl methyl sites for hydroxylation is 1. The van der Waals surface area contributed by atoms with Crippen LogP contribution in [0, 0.1) is 12.8 Å². The van der Waals surface area contributed by atoms with Crippen LogP contribution in [0.5, 0.6) is 0 Å². The van der Waals surface area contributed by atoms with Crippen molar-refractivity contribution in [3.63, 3.8) is 0 Å². The van der Waals surface area contributed by atoms with Crippen molar-refractivity contribution < 1.29 is 0 Å². The van der Waals surface area contributed by atoms with E-state index in [2.05, 4.69) is 45.4 Å². The van der Waals surface area contributed by atoms with Crippen LogP contribution in [0.25, 0.3) is 0 Å². The molecule has 0 spiro atoms. The fourth-order valence-electron chi connectivity index (χ4n) is 2.86. The number of benzene rings is 1. The molecule has 17 heavy (non-hydrogen) atoms. The normalized spacial score (nSPS) is 26.0. The molecule has 0 N–H and O–H groups in total. The first-order valence-electron chi connectivity index (χ1n) is 7.15. The van der Waals surface area contributed by atoms with E-state index in [1.807, 2.05) is 0 Å². The minimum absolute atomic E-state index is 0.810. The summed E-state index contributed by atoms with van der Waals surface area (Å²) in [5, 5.41) is 0. The Bertz CT molecular complexity index is 318. The van der Waals surface area contributed by atoms with Crippen LogP contribution in [0.1, 0.15) is 51.0 Å². The predicted molar refractivity (Wildman–Crippen MR) is 77.2 cm³/mol. The summed E-state index contributed by atoms with van der Waals surface area (Å²) in [4.78, 5) is 0. The van der Waals surface area contributed by atoms with Crippen LogP contribution in [-0.2, 0) is 0 Å². The molecule has 0 heterocycles. The zero-order valence-electron chi connectivity index (χ0n) is 11.3. The zero-order valence-corrected chi connectivity index (χ0v) is 11.3. The van der Waals surface area contributed by atoms with Crippen molar-refractivity contribution in [2.75, 3.05) is 0 Å². The lowest BCUT2D eigenvalue weighted by atomic mass is 9.55. The largest absolute Gasteiger partial charge is 0.154 e. The Morgan fingerprint density at radius 1 is 0.941 bits per heavy atom. The summed E-state index contributed by atoms with van der Waals surface area (Å²) < 4.78 is 0. The SMILES string of the molecule is Cc1ccc([B]C2CCCC(C)CCC2)cc1. The average molecular weight is 227 g/mol. The summed E-state index contributed by atoms with van der Waals surface area (Å²) in [6.45, 7) is 4.56. The van der Waals surface area contributed by atoms with Crippen molar-refractivity contribution in [2.24, 2.45) is 5.92 Å². The Kier molecular flexibility index (Phi) is 4.70. The van der Waals surface area contributed by atoms with E-state index >= 15 is 0 Å². The van der Waals surface area contributed by atoms with Gasteiger partial charge in [0.05, 0.1) is 0 Å². The van der Waals surface area contributed by atoms with Gasteiger partial charge in [0.1, 0.15) is 0 Å². The molecule has 0 aliphatic heterocycles. The van der Waals surface area contributed by atoms with Crippen LogP contribution in [0.2, 0.25) is 5.82 Å². The van der Waals surface area contributed by atoms with Gasteiger partial charge in [-0.05, 0) is 12.8 Å². The van der Waals surface area contributed by atoms with Crippen LogP contribution in [0.4, 0.5) is 0 Å². The fraction of sp³-hybridized carbons (Fsp3) is 0.625. The van der Waals surface area contributed by atoms with Gasteiger partial charge in [-0.3, -0.25) is 0 Å².